The van der Waals surface area contributed by atoms with Crippen molar-refractivity contribution < 1.29 is 9.53 Å². The predicted octanol–water partition coefficient (Wildman–Crippen LogP) is 0.480. The zero-order valence-corrected chi connectivity index (χ0v) is 12.5. The largest absolute Gasteiger partial charge is 0.383 e. The molecule has 1 amide bonds. The van der Waals surface area contributed by atoms with Crippen LogP contribution in [0.15, 0.2) is 11.0 Å². The molecule has 20 heavy (non-hydrogen) atoms. The van der Waals surface area contributed by atoms with Crippen LogP contribution in [0.2, 0.25) is 5.02 Å². The number of rotatable bonds is 7. The second kappa shape index (κ2) is 7.86. The highest BCUT2D eigenvalue weighted by Crippen LogP contribution is 2.16. The molecule has 1 aromatic heterocycles. The Kier molecular flexibility index (Phi) is 6.47. The average Bonchev–Trinajstić information content (AvgIpc) is 2.43. The first kappa shape index (κ1) is 16.5. The predicted molar refractivity (Wildman–Crippen MR) is 77.2 cm³/mol. The van der Waals surface area contributed by atoms with Gasteiger partial charge in [-0.3, -0.25) is 9.59 Å². The summed E-state index contributed by atoms with van der Waals surface area (Å²) in [6, 6.07) is -0.511. The van der Waals surface area contributed by atoms with Crippen molar-refractivity contribution in [1.82, 2.24) is 15.1 Å². The summed E-state index contributed by atoms with van der Waals surface area (Å²) in [5.74, 6) is -0.174. The van der Waals surface area contributed by atoms with Gasteiger partial charge in [-0.25, -0.2) is 4.68 Å². The number of aromatic nitrogens is 2. The summed E-state index contributed by atoms with van der Waals surface area (Å²) in [7, 11) is 1.54. The number of hydrogen-bond acceptors (Lipinski definition) is 5. The minimum absolute atomic E-state index is 0.00671. The van der Waals surface area contributed by atoms with Crippen molar-refractivity contribution in [1.29, 1.82) is 0 Å². The van der Waals surface area contributed by atoms with Crippen LogP contribution in [0, 0.1) is 0 Å². The molecule has 0 aliphatic heterocycles. The van der Waals surface area contributed by atoms with Crippen molar-refractivity contribution in [3.63, 3.8) is 0 Å². The number of anilines is 1. The zero-order chi connectivity index (χ0) is 15.1. The highest BCUT2D eigenvalue weighted by atomic mass is 35.5. The topological polar surface area (TPSA) is 85.2 Å². The molecule has 0 aromatic carbocycles. The highest BCUT2D eigenvalue weighted by Gasteiger charge is 2.15. The van der Waals surface area contributed by atoms with Crippen LogP contribution in [-0.2, 0) is 16.1 Å². The van der Waals surface area contributed by atoms with Gasteiger partial charge in [0.2, 0.25) is 5.91 Å². The summed E-state index contributed by atoms with van der Waals surface area (Å²) >= 11 is 5.99. The van der Waals surface area contributed by atoms with E-state index in [-0.39, 0.29) is 10.9 Å². The molecule has 0 spiro atoms. The Labute approximate surface area is 122 Å². The Balaban J connectivity index is 2.85. The second-order valence-electron chi connectivity index (χ2n) is 4.15. The first-order chi connectivity index (χ1) is 9.51. The van der Waals surface area contributed by atoms with E-state index in [4.69, 9.17) is 16.3 Å². The summed E-state index contributed by atoms with van der Waals surface area (Å²) in [6.07, 6.45) is 1.43. The summed E-state index contributed by atoms with van der Waals surface area (Å²) < 4.78 is 6.10. The lowest BCUT2D eigenvalue weighted by Gasteiger charge is -2.15. The molecule has 2 N–H and O–H groups in total. The number of nitrogens with zero attached hydrogens (tertiary/aromatic N) is 2. The van der Waals surface area contributed by atoms with Gasteiger partial charge in [-0.05, 0) is 13.8 Å². The van der Waals surface area contributed by atoms with Gasteiger partial charge in [0.15, 0.2) is 0 Å². The van der Waals surface area contributed by atoms with Crippen LogP contribution in [-0.4, -0.2) is 42.0 Å². The Bertz CT molecular complexity index is 518. The summed E-state index contributed by atoms with van der Waals surface area (Å²) in [6.45, 7) is 4.73. The number of carbonyl (C=O) groups is 1. The Hall–Kier alpha value is -1.60. The maximum absolute atomic E-state index is 11.9. The molecular weight excluding hydrogens is 284 g/mol. The van der Waals surface area contributed by atoms with Crippen LogP contribution in [0.1, 0.15) is 13.8 Å². The van der Waals surface area contributed by atoms with Gasteiger partial charge >= 0.3 is 0 Å². The third-order valence-corrected chi connectivity index (χ3v) is 2.97. The van der Waals surface area contributed by atoms with Crippen molar-refractivity contribution in [3.05, 3.63) is 21.6 Å². The van der Waals surface area contributed by atoms with E-state index in [1.807, 2.05) is 6.92 Å². The number of hydrogen-bond donors (Lipinski definition) is 2. The maximum Gasteiger partial charge on any atom is 0.287 e. The van der Waals surface area contributed by atoms with E-state index < -0.39 is 11.6 Å². The molecule has 1 heterocycles. The molecule has 0 radical (unpaired) electrons. The van der Waals surface area contributed by atoms with Gasteiger partial charge in [-0.15, -0.1) is 0 Å². The number of ether oxygens (including phenoxy) is 1. The molecule has 8 heteroatoms. The third-order valence-electron chi connectivity index (χ3n) is 2.61. The molecule has 0 fully saturated rings. The molecule has 0 saturated heterocycles. The lowest BCUT2D eigenvalue weighted by molar-refractivity contribution is -0.121. The van der Waals surface area contributed by atoms with Gasteiger partial charge in [0, 0.05) is 13.7 Å². The van der Waals surface area contributed by atoms with E-state index in [2.05, 4.69) is 15.7 Å². The Morgan fingerprint density at radius 1 is 1.60 bits per heavy atom. The van der Waals surface area contributed by atoms with Crippen LogP contribution < -0.4 is 16.2 Å². The molecule has 1 atom stereocenters. The molecule has 112 valence electrons. The Morgan fingerprint density at radius 2 is 2.30 bits per heavy atom. The standard InChI is InChI=1S/C12H19ClN4O3/c1-4-14-11(18)8(2)16-9-7-15-17(5-6-20-3)12(19)10(9)13/h7-8,16H,4-6H2,1-3H3,(H,14,18). The first-order valence-electron chi connectivity index (χ1n) is 6.30. The minimum atomic E-state index is -0.511. The smallest absolute Gasteiger partial charge is 0.287 e. The molecule has 1 rings (SSSR count). The van der Waals surface area contributed by atoms with Crippen LogP contribution in [0.3, 0.4) is 0 Å². The maximum atomic E-state index is 11.9. The number of halogens is 1. The summed E-state index contributed by atoms with van der Waals surface area (Å²) in [5.41, 5.74) is -0.0825. The summed E-state index contributed by atoms with van der Waals surface area (Å²) in [5, 5.41) is 9.53. The normalized spacial score (nSPS) is 12.0. The van der Waals surface area contributed by atoms with E-state index >= 15 is 0 Å². The van der Waals surface area contributed by atoms with Gasteiger partial charge in [0.05, 0.1) is 25.0 Å². The molecule has 1 unspecified atom stereocenters. The van der Waals surface area contributed by atoms with Gasteiger partial charge in [-0.2, -0.15) is 5.10 Å². The van der Waals surface area contributed by atoms with E-state index in [0.29, 0.717) is 25.4 Å². The third kappa shape index (κ3) is 4.21. The number of nitrogens with one attached hydrogen (secondary N) is 2. The lowest BCUT2D eigenvalue weighted by atomic mass is 10.3. The van der Waals surface area contributed by atoms with Crippen LogP contribution >= 0.6 is 11.6 Å². The fourth-order valence-corrected chi connectivity index (χ4v) is 1.73. The van der Waals surface area contributed by atoms with Gasteiger partial charge in [-0.1, -0.05) is 11.6 Å². The summed E-state index contributed by atoms with van der Waals surface area (Å²) in [4.78, 5) is 23.6. The van der Waals surface area contributed by atoms with Crippen molar-refractivity contribution in [2.24, 2.45) is 0 Å². The lowest BCUT2D eigenvalue weighted by Crippen LogP contribution is -2.38. The fourth-order valence-electron chi connectivity index (χ4n) is 1.53. The molecule has 1 aromatic rings. The SMILES string of the molecule is CCNC(=O)C(C)Nc1cnn(CCOC)c(=O)c1Cl. The molecule has 7 nitrogen and oxygen atoms in total. The first-order valence-corrected chi connectivity index (χ1v) is 6.67. The molecular formula is C12H19ClN4O3. The van der Waals surface area contributed by atoms with Gasteiger partial charge in [0.1, 0.15) is 11.1 Å². The van der Waals surface area contributed by atoms with E-state index in [1.165, 1.54) is 18.0 Å². The van der Waals surface area contributed by atoms with Crippen molar-refractivity contribution in [3.8, 4) is 0 Å². The quantitative estimate of drug-likeness (QED) is 0.765. The zero-order valence-electron chi connectivity index (χ0n) is 11.8. The van der Waals surface area contributed by atoms with E-state index in [1.54, 1.807) is 6.92 Å². The van der Waals surface area contributed by atoms with Gasteiger partial charge < -0.3 is 15.4 Å². The number of likely N-dealkylation sites (N-methyl/N-ethyl adjacent to an activating group) is 1. The van der Waals surface area contributed by atoms with Crippen LogP contribution in [0.5, 0.6) is 0 Å². The van der Waals surface area contributed by atoms with E-state index in [0.717, 1.165) is 0 Å². The molecule has 0 aliphatic rings. The van der Waals surface area contributed by atoms with Gasteiger partial charge in [0.25, 0.3) is 5.56 Å². The monoisotopic (exact) mass is 302 g/mol. The fraction of sp³-hybridized carbons (Fsp3) is 0.583. The molecule has 0 saturated carbocycles. The Morgan fingerprint density at radius 3 is 2.90 bits per heavy atom. The van der Waals surface area contributed by atoms with Crippen molar-refractivity contribution >= 4 is 23.2 Å². The minimum Gasteiger partial charge on any atom is -0.383 e. The number of carbonyl (C=O) groups excluding carboxylic acids is 1. The van der Waals surface area contributed by atoms with Crippen LogP contribution in [0.25, 0.3) is 0 Å². The second-order valence-corrected chi connectivity index (χ2v) is 4.53. The van der Waals surface area contributed by atoms with Crippen LogP contribution in [0.4, 0.5) is 5.69 Å². The van der Waals surface area contributed by atoms with Crippen molar-refractivity contribution in [2.75, 3.05) is 25.6 Å². The highest BCUT2D eigenvalue weighted by molar-refractivity contribution is 6.33. The van der Waals surface area contributed by atoms with E-state index in [9.17, 15) is 9.59 Å². The number of amides is 1. The average molecular weight is 303 g/mol. The molecule has 0 bridgehead atoms. The van der Waals surface area contributed by atoms with Crippen molar-refractivity contribution in [2.45, 2.75) is 26.4 Å². The number of methoxy groups -OCH3 is 1. The molecule has 0 aliphatic carbocycles.